The van der Waals surface area contributed by atoms with E-state index >= 15 is 0 Å². The van der Waals surface area contributed by atoms with E-state index in [0.29, 0.717) is 37.0 Å². The fraction of sp³-hybridized carbons (Fsp3) is 0.389. The third-order valence-electron chi connectivity index (χ3n) is 4.01. The number of nitrogens with one attached hydrogen (secondary N) is 2. The van der Waals surface area contributed by atoms with Crippen LogP contribution in [0.3, 0.4) is 0 Å². The quantitative estimate of drug-likeness (QED) is 0.852. The first-order valence-corrected chi connectivity index (χ1v) is 8.60. The summed E-state index contributed by atoms with van der Waals surface area (Å²) in [5.41, 5.74) is 1.57. The molecule has 0 atom stereocenters. The Balaban J connectivity index is 1.81. The van der Waals surface area contributed by atoms with Gasteiger partial charge in [-0.2, -0.15) is 0 Å². The van der Waals surface area contributed by atoms with Crippen LogP contribution in [0.1, 0.15) is 6.92 Å². The van der Waals surface area contributed by atoms with Gasteiger partial charge in [-0.15, -0.1) is 0 Å². The molecule has 0 spiro atoms. The zero-order valence-electron chi connectivity index (χ0n) is 15.0. The van der Waals surface area contributed by atoms with Crippen molar-refractivity contribution in [2.24, 2.45) is 0 Å². The summed E-state index contributed by atoms with van der Waals surface area (Å²) >= 11 is 0. The Kier molecular flexibility index (Phi) is 5.85. The molecule has 2 aromatic rings. The summed E-state index contributed by atoms with van der Waals surface area (Å²) in [6.45, 7) is 5.32. The average molecular weight is 357 g/mol. The number of carbonyl (C=O) groups is 1. The Morgan fingerprint density at radius 2 is 2.00 bits per heavy atom. The molecule has 8 heteroatoms. The highest BCUT2D eigenvalue weighted by molar-refractivity contribution is 5.89. The Bertz CT molecular complexity index is 745. The predicted molar refractivity (Wildman–Crippen MR) is 99.7 cm³/mol. The Morgan fingerprint density at radius 3 is 2.65 bits per heavy atom. The second-order valence-electron chi connectivity index (χ2n) is 5.75. The maximum absolute atomic E-state index is 11.6. The van der Waals surface area contributed by atoms with Crippen LogP contribution in [0.5, 0.6) is 5.75 Å². The summed E-state index contributed by atoms with van der Waals surface area (Å²) in [5.74, 6) is 2.02. The van der Waals surface area contributed by atoms with Gasteiger partial charge >= 0.3 is 6.03 Å². The predicted octanol–water partition coefficient (Wildman–Crippen LogP) is 2.13. The van der Waals surface area contributed by atoms with Crippen LogP contribution in [-0.4, -0.2) is 56.0 Å². The van der Waals surface area contributed by atoms with E-state index in [1.54, 1.807) is 13.3 Å². The number of hydrogen-bond donors (Lipinski definition) is 2. The number of carbonyl (C=O) groups excluding carboxylic acids is 1. The topological polar surface area (TPSA) is 88.6 Å². The lowest BCUT2D eigenvalue weighted by Crippen LogP contribution is -2.37. The summed E-state index contributed by atoms with van der Waals surface area (Å²) in [7, 11) is 1.62. The van der Waals surface area contributed by atoms with Crippen molar-refractivity contribution in [3.05, 3.63) is 30.5 Å². The molecule has 2 amide bonds. The van der Waals surface area contributed by atoms with Crippen molar-refractivity contribution in [3.8, 4) is 17.1 Å². The second kappa shape index (κ2) is 8.48. The Labute approximate surface area is 152 Å². The van der Waals surface area contributed by atoms with Gasteiger partial charge in [-0.3, -0.25) is 0 Å². The van der Waals surface area contributed by atoms with Crippen LogP contribution in [0, 0.1) is 0 Å². The molecule has 1 saturated heterocycles. The number of aromatic nitrogens is 2. The van der Waals surface area contributed by atoms with Gasteiger partial charge in [-0.1, -0.05) is 0 Å². The molecule has 138 valence electrons. The summed E-state index contributed by atoms with van der Waals surface area (Å²) in [4.78, 5) is 22.8. The minimum atomic E-state index is -0.226. The molecule has 1 aromatic heterocycles. The lowest BCUT2D eigenvalue weighted by Gasteiger charge is -2.28. The van der Waals surface area contributed by atoms with Crippen LogP contribution in [-0.2, 0) is 4.74 Å². The summed E-state index contributed by atoms with van der Waals surface area (Å²) in [6.07, 6.45) is 1.69. The van der Waals surface area contributed by atoms with Gasteiger partial charge in [0.15, 0.2) is 17.4 Å². The number of methoxy groups -OCH3 is 1. The number of amides is 2. The molecule has 0 aliphatic carbocycles. The molecule has 3 rings (SSSR count). The number of rotatable bonds is 5. The van der Waals surface area contributed by atoms with Gasteiger partial charge in [0.25, 0.3) is 0 Å². The fourth-order valence-electron chi connectivity index (χ4n) is 2.69. The molecule has 0 saturated carbocycles. The number of morpholine rings is 1. The molecule has 2 heterocycles. The normalized spacial score (nSPS) is 14.0. The number of benzene rings is 1. The summed E-state index contributed by atoms with van der Waals surface area (Å²) in [5, 5.41) is 5.46. The van der Waals surface area contributed by atoms with Crippen molar-refractivity contribution in [2.45, 2.75) is 6.92 Å². The van der Waals surface area contributed by atoms with Crippen molar-refractivity contribution in [3.63, 3.8) is 0 Å². The molecule has 1 aromatic carbocycles. The first kappa shape index (κ1) is 17.9. The molecule has 0 unspecified atom stereocenters. The van der Waals surface area contributed by atoms with Crippen LogP contribution in [0.15, 0.2) is 30.5 Å². The maximum atomic E-state index is 11.6. The van der Waals surface area contributed by atoms with E-state index in [0.717, 1.165) is 24.5 Å². The van der Waals surface area contributed by atoms with Gasteiger partial charge < -0.3 is 25.0 Å². The largest absolute Gasteiger partial charge is 0.491 e. The molecule has 1 fully saturated rings. The molecule has 26 heavy (non-hydrogen) atoms. The van der Waals surface area contributed by atoms with Gasteiger partial charge in [0.05, 0.1) is 26.5 Å². The van der Waals surface area contributed by atoms with Crippen molar-refractivity contribution < 1.29 is 14.3 Å². The van der Waals surface area contributed by atoms with Gasteiger partial charge in [0.2, 0.25) is 0 Å². The number of anilines is 2. The monoisotopic (exact) mass is 357 g/mol. The molecule has 1 aliphatic heterocycles. The Hall–Kier alpha value is -2.87. The van der Waals surface area contributed by atoms with E-state index in [1.165, 1.54) is 0 Å². The summed E-state index contributed by atoms with van der Waals surface area (Å²) in [6, 6.07) is 7.19. The second-order valence-corrected chi connectivity index (χ2v) is 5.75. The van der Waals surface area contributed by atoms with Crippen molar-refractivity contribution >= 4 is 17.5 Å². The number of urea groups is 1. The van der Waals surface area contributed by atoms with E-state index in [4.69, 9.17) is 14.5 Å². The van der Waals surface area contributed by atoms with Gasteiger partial charge in [-0.05, 0) is 31.2 Å². The highest BCUT2D eigenvalue weighted by Gasteiger charge is 2.18. The van der Waals surface area contributed by atoms with Crippen LogP contribution in [0.4, 0.5) is 16.3 Å². The van der Waals surface area contributed by atoms with E-state index in [2.05, 4.69) is 20.5 Å². The van der Waals surface area contributed by atoms with Gasteiger partial charge in [0, 0.05) is 30.9 Å². The van der Waals surface area contributed by atoms with E-state index in [-0.39, 0.29) is 6.03 Å². The zero-order valence-corrected chi connectivity index (χ0v) is 15.0. The first-order valence-electron chi connectivity index (χ1n) is 8.60. The van der Waals surface area contributed by atoms with Crippen LogP contribution in [0.2, 0.25) is 0 Å². The van der Waals surface area contributed by atoms with Crippen molar-refractivity contribution in [1.29, 1.82) is 0 Å². The van der Waals surface area contributed by atoms with E-state index in [1.807, 2.05) is 31.2 Å². The van der Waals surface area contributed by atoms with Gasteiger partial charge in [0.1, 0.15) is 0 Å². The zero-order chi connectivity index (χ0) is 18.4. The molecule has 2 N–H and O–H groups in total. The fourth-order valence-corrected chi connectivity index (χ4v) is 2.69. The maximum Gasteiger partial charge on any atom is 0.319 e. The van der Waals surface area contributed by atoms with Crippen LogP contribution in [0.25, 0.3) is 11.4 Å². The molecule has 0 radical (unpaired) electrons. The highest BCUT2D eigenvalue weighted by atomic mass is 16.5. The SMILES string of the molecule is CCNC(=O)Nc1ccc(-c2ncc(OC)c(N3CCOCC3)n2)cc1. The van der Waals surface area contributed by atoms with Gasteiger partial charge in [-0.25, -0.2) is 14.8 Å². The smallest absolute Gasteiger partial charge is 0.319 e. The number of hydrogen-bond acceptors (Lipinski definition) is 6. The standard InChI is InChI=1S/C18H23N5O3/c1-3-19-18(24)21-14-6-4-13(5-7-14)16-20-12-15(25-2)17(22-16)23-8-10-26-11-9-23/h4-7,12H,3,8-11H2,1-2H3,(H2,19,21,24). The van der Waals surface area contributed by atoms with Crippen molar-refractivity contribution in [2.75, 3.05) is 50.2 Å². The molecule has 8 nitrogen and oxygen atoms in total. The van der Waals surface area contributed by atoms with Crippen LogP contribution < -0.4 is 20.3 Å². The van der Waals surface area contributed by atoms with E-state index in [9.17, 15) is 4.79 Å². The average Bonchev–Trinajstić information content (AvgIpc) is 2.69. The first-order chi connectivity index (χ1) is 12.7. The number of ether oxygens (including phenoxy) is 2. The lowest BCUT2D eigenvalue weighted by molar-refractivity contribution is 0.122. The molecule has 1 aliphatic rings. The molecular formula is C18H23N5O3. The van der Waals surface area contributed by atoms with E-state index < -0.39 is 0 Å². The lowest BCUT2D eigenvalue weighted by atomic mass is 10.2. The third kappa shape index (κ3) is 4.20. The molecule has 0 bridgehead atoms. The minimum absolute atomic E-state index is 0.226. The van der Waals surface area contributed by atoms with Crippen LogP contribution >= 0.6 is 0 Å². The Morgan fingerprint density at radius 1 is 1.27 bits per heavy atom. The summed E-state index contributed by atoms with van der Waals surface area (Å²) < 4.78 is 10.8. The number of nitrogens with zero attached hydrogens (tertiary/aromatic N) is 3. The van der Waals surface area contributed by atoms with Crippen molar-refractivity contribution in [1.82, 2.24) is 15.3 Å². The minimum Gasteiger partial charge on any atom is -0.491 e. The molecular weight excluding hydrogens is 334 g/mol. The highest BCUT2D eigenvalue weighted by Crippen LogP contribution is 2.28. The third-order valence-corrected chi connectivity index (χ3v) is 4.01.